The Kier molecular flexibility index (Phi) is 5.18. The first-order chi connectivity index (χ1) is 11.1. The summed E-state index contributed by atoms with van der Waals surface area (Å²) in [6, 6.07) is 7.62. The molecule has 0 spiro atoms. The quantitative estimate of drug-likeness (QED) is 0.877. The lowest BCUT2D eigenvalue weighted by Crippen LogP contribution is -2.47. The molecule has 0 radical (unpaired) electrons. The minimum atomic E-state index is -0.434. The number of aliphatic hydroxyl groups is 1. The van der Waals surface area contributed by atoms with Gasteiger partial charge in [-0.1, -0.05) is 19.1 Å². The van der Waals surface area contributed by atoms with Gasteiger partial charge in [0, 0.05) is 25.4 Å². The van der Waals surface area contributed by atoms with Crippen molar-refractivity contribution in [2.75, 3.05) is 25.0 Å². The molecule has 2 fully saturated rings. The van der Waals surface area contributed by atoms with Crippen LogP contribution in [0.5, 0.6) is 0 Å². The lowest BCUT2D eigenvalue weighted by Gasteiger charge is -2.34. The summed E-state index contributed by atoms with van der Waals surface area (Å²) in [6.07, 6.45) is 2.98. The molecule has 1 aromatic rings. The number of nitrogens with one attached hydrogen (secondary N) is 1. The van der Waals surface area contributed by atoms with Crippen LogP contribution in [0.2, 0.25) is 0 Å². The van der Waals surface area contributed by atoms with Gasteiger partial charge in [-0.25, -0.2) is 4.79 Å². The van der Waals surface area contributed by atoms with Crippen molar-refractivity contribution in [3.63, 3.8) is 0 Å². The number of ether oxygens (including phenoxy) is 1. The number of amides is 2. The van der Waals surface area contributed by atoms with Crippen molar-refractivity contribution < 1.29 is 14.6 Å². The molecule has 1 aliphatic heterocycles. The number of urea groups is 1. The fourth-order valence-electron chi connectivity index (χ4n) is 2.80. The molecular formula is C18H26N2O3. The second-order valence-corrected chi connectivity index (χ2v) is 6.87. The monoisotopic (exact) mass is 318 g/mol. The Hall–Kier alpha value is -1.59. The summed E-state index contributed by atoms with van der Waals surface area (Å²) in [6.45, 7) is 4.52. The fourth-order valence-corrected chi connectivity index (χ4v) is 2.80. The van der Waals surface area contributed by atoms with E-state index in [0.29, 0.717) is 19.7 Å². The predicted octanol–water partition coefficient (Wildman–Crippen LogP) is 2.85. The third kappa shape index (κ3) is 4.69. The third-order valence-corrected chi connectivity index (χ3v) is 4.70. The van der Waals surface area contributed by atoms with Crippen molar-refractivity contribution >= 4 is 11.7 Å². The average Bonchev–Trinajstić information content (AvgIpc) is 3.34. The molecule has 1 saturated carbocycles. The Balaban J connectivity index is 1.51. The highest BCUT2D eigenvalue weighted by Gasteiger charge is 2.27. The van der Waals surface area contributed by atoms with Gasteiger partial charge >= 0.3 is 6.03 Å². The van der Waals surface area contributed by atoms with Crippen LogP contribution in [0.15, 0.2) is 24.3 Å². The van der Waals surface area contributed by atoms with Gasteiger partial charge in [0.25, 0.3) is 0 Å². The summed E-state index contributed by atoms with van der Waals surface area (Å²) in [5.41, 5.74) is 1.84. The maximum Gasteiger partial charge on any atom is 0.321 e. The van der Waals surface area contributed by atoms with Crippen LogP contribution in [-0.2, 0) is 11.3 Å². The van der Waals surface area contributed by atoms with E-state index in [9.17, 15) is 9.90 Å². The standard InChI is InChI=1S/C18H26N2O3/c1-13-7-8-20(10-17(13)21)18(22)19-16-4-2-3-15(9-16)12-23-11-14-5-6-14/h2-4,9,13-14,17,21H,5-8,10-12H2,1H3,(H,19,22). The maximum absolute atomic E-state index is 12.3. The molecule has 0 aromatic heterocycles. The Labute approximate surface area is 137 Å². The Morgan fingerprint density at radius 1 is 1.39 bits per heavy atom. The Morgan fingerprint density at radius 2 is 2.22 bits per heavy atom. The molecule has 1 heterocycles. The number of anilines is 1. The summed E-state index contributed by atoms with van der Waals surface area (Å²) in [5, 5.41) is 12.8. The molecule has 126 valence electrons. The van der Waals surface area contributed by atoms with E-state index >= 15 is 0 Å². The van der Waals surface area contributed by atoms with E-state index in [1.807, 2.05) is 31.2 Å². The predicted molar refractivity (Wildman–Crippen MR) is 89.2 cm³/mol. The van der Waals surface area contributed by atoms with Gasteiger partial charge in [-0.05, 0) is 48.8 Å². The second-order valence-electron chi connectivity index (χ2n) is 6.87. The van der Waals surface area contributed by atoms with Gasteiger partial charge in [0.05, 0.1) is 12.7 Å². The van der Waals surface area contributed by atoms with E-state index in [4.69, 9.17) is 4.74 Å². The number of aliphatic hydroxyl groups excluding tert-OH is 1. The molecular weight excluding hydrogens is 292 g/mol. The SMILES string of the molecule is CC1CCN(C(=O)Nc2cccc(COCC3CC3)c2)CC1O. The molecule has 2 N–H and O–H groups in total. The van der Waals surface area contributed by atoms with Crippen LogP contribution in [0.25, 0.3) is 0 Å². The smallest absolute Gasteiger partial charge is 0.321 e. The first-order valence-electron chi connectivity index (χ1n) is 8.52. The summed E-state index contributed by atoms with van der Waals surface area (Å²) in [7, 11) is 0. The van der Waals surface area contributed by atoms with Crippen LogP contribution in [0.4, 0.5) is 10.5 Å². The van der Waals surface area contributed by atoms with E-state index in [-0.39, 0.29) is 11.9 Å². The lowest BCUT2D eigenvalue weighted by molar-refractivity contribution is 0.0464. The van der Waals surface area contributed by atoms with Crippen LogP contribution >= 0.6 is 0 Å². The number of piperidine rings is 1. The van der Waals surface area contributed by atoms with Crippen LogP contribution in [0.3, 0.4) is 0 Å². The van der Waals surface area contributed by atoms with Crippen LogP contribution in [-0.4, -0.2) is 41.8 Å². The number of carbonyl (C=O) groups is 1. The highest BCUT2D eigenvalue weighted by molar-refractivity contribution is 5.89. The maximum atomic E-state index is 12.3. The van der Waals surface area contributed by atoms with Crippen molar-refractivity contribution in [1.82, 2.24) is 4.90 Å². The molecule has 1 saturated heterocycles. The van der Waals surface area contributed by atoms with E-state index in [2.05, 4.69) is 5.32 Å². The van der Waals surface area contributed by atoms with Crippen molar-refractivity contribution in [2.45, 2.75) is 38.9 Å². The molecule has 1 aliphatic carbocycles. The van der Waals surface area contributed by atoms with Crippen LogP contribution in [0, 0.1) is 11.8 Å². The summed E-state index contributed by atoms with van der Waals surface area (Å²) < 4.78 is 5.69. The molecule has 3 rings (SSSR count). The molecule has 0 bridgehead atoms. The highest BCUT2D eigenvalue weighted by Crippen LogP contribution is 2.29. The number of hydrogen-bond donors (Lipinski definition) is 2. The van der Waals surface area contributed by atoms with Gasteiger partial charge in [-0.3, -0.25) is 0 Å². The Morgan fingerprint density at radius 3 is 2.96 bits per heavy atom. The first-order valence-corrected chi connectivity index (χ1v) is 8.52. The van der Waals surface area contributed by atoms with Crippen LogP contribution in [0.1, 0.15) is 31.7 Å². The Bertz CT molecular complexity index is 545. The average molecular weight is 318 g/mol. The first kappa shape index (κ1) is 16.3. The van der Waals surface area contributed by atoms with Gasteiger partial charge in [-0.2, -0.15) is 0 Å². The largest absolute Gasteiger partial charge is 0.391 e. The third-order valence-electron chi connectivity index (χ3n) is 4.70. The van der Waals surface area contributed by atoms with Crippen LogP contribution < -0.4 is 5.32 Å². The van der Waals surface area contributed by atoms with E-state index in [1.54, 1.807) is 4.90 Å². The number of likely N-dealkylation sites (tertiary alicyclic amines) is 1. The highest BCUT2D eigenvalue weighted by atomic mass is 16.5. The zero-order valence-electron chi connectivity index (χ0n) is 13.7. The normalized spacial score (nSPS) is 24.5. The molecule has 5 heteroatoms. The number of nitrogens with zero attached hydrogens (tertiary/aromatic N) is 1. The minimum Gasteiger partial charge on any atom is -0.391 e. The van der Waals surface area contributed by atoms with Crippen molar-refractivity contribution in [2.24, 2.45) is 11.8 Å². The summed E-state index contributed by atoms with van der Waals surface area (Å²) in [4.78, 5) is 14.0. The lowest BCUT2D eigenvalue weighted by atomic mass is 9.96. The van der Waals surface area contributed by atoms with Crippen molar-refractivity contribution in [3.05, 3.63) is 29.8 Å². The molecule has 1 aromatic carbocycles. The van der Waals surface area contributed by atoms with Gasteiger partial charge in [0.1, 0.15) is 0 Å². The zero-order valence-corrected chi connectivity index (χ0v) is 13.7. The van der Waals surface area contributed by atoms with E-state index in [0.717, 1.165) is 30.2 Å². The van der Waals surface area contributed by atoms with Gasteiger partial charge in [0.2, 0.25) is 0 Å². The molecule has 2 amide bonds. The number of rotatable bonds is 5. The molecule has 23 heavy (non-hydrogen) atoms. The minimum absolute atomic E-state index is 0.146. The number of carbonyl (C=O) groups excluding carboxylic acids is 1. The fraction of sp³-hybridized carbons (Fsp3) is 0.611. The molecule has 5 nitrogen and oxygen atoms in total. The molecule has 2 unspecified atom stereocenters. The number of β-amino-alcohol motifs (C(OH)–C–C–N with tert-alkyl or cyclic N) is 1. The van der Waals surface area contributed by atoms with Gasteiger partial charge < -0.3 is 20.1 Å². The molecule has 2 atom stereocenters. The van der Waals surface area contributed by atoms with Crippen molar-refractivity contribution in [1.29, 1.82) is 0 Å². The zero-order chi connectivity index (χ0) is 16.2. The number of hydrogen-bond acceptors (Lipinski definition) is 3. The van der Waals surface area contributed by atoms with Crippen molar-refractivity contribution in [3.8, 4) is 0 Å². The van der Waals surface area contributed by atoms with Gasteiger partial charge in [-0.15, -0.1) is 0 Å². The number of benzene rings is 1. The summed E-state index contributed by atoms with van der Waals surface area (Å²) in [5.74, 6) is 1.01. The molecule has 2 aliphatic rings. The summed E-state index contributed by atoms with van der Waals surface area (Å²) >= 11 is 0. The van der Waals surface area contributed by atoms with E-state index < -0.39 is 6.10 Å². The topological polar surface area (TPSA) is 61.8 Å². The van der Waals surface area contributed by atoms with Gasteiger partial charge in [0.15, 0.2) is 0 Å². The van der Waals surface area contributed by atoms with E-state index in [1.165, 1.54) is 12.8 Å². The second kappa shape index (κ2) is 7.32.